The summed E-state index contributed by atoms with van der Waals surface area (Å²) in [7, 11) is 0. The molecule has 0 aliphatic rings. The first-order chi connectivity index (χ1) is 8.95. The molecule has 0 bridgehead atoms. The Bertz CT molecular complexity index is 554. The van der Waals surface area contributed by atoms with Crippen molar-refractivity contribution in [3.63, 3.8) is 0 Å². The standard InChI is InChI=1S/C16H14NS.BrH/c1-3-7-14(8-4-1)16(17-11-12-18-13-17)15-9-5-2-6-10-15;/h1-13,16H;1H/q+1;/p-1. The maximum Gasteiger partial charge on any atom is 0.225 e. The largest absolute Gasteiger partial charge is 1.00 e. The summed E-state index contributed by atoms with van der Waals surface area (Å²) in [6.07, 6.45) is 2.13. The Balaban J connectivity index is 0.00000133. The van der Waals surface area contributed by atoms with E-state index in [1.165, 1.54) is 11.1 Å². The van der Waals surface area contributed by atoms with Crippen LogP contribution >= 0.6 is 11.3 Å². The summed E-state index contributed by atoms with van der Waals surface area (Å²) < 4.78 is 2.26. The van der Waals surface area contributed by atoms with Gasteiger partial charge >= 0.3 is 0 Å². The molecule has 0 amide bonds. The maximum atomic E-state index is 2.26. The Kier molecular flexibility index (Phi) is 4.88. The second kappa shape index (κ2) is 6.64. The molecular weight excluding hydrogens is 318 g/mol. The lowest BCUT2D eigenvalue weighted by molar-refractivity contribution is -0.700. The molecule has 3 aromatic rings. The summed E-state index contributed by atoms with van der Waals surface area (Å²) in [5.41, 5.74) is 4.78. The zero-order valence-electron chi connectivity index (χ0n) is 10.3. The van der Waals surface area contributed by atoms with Crippen molar-refractivity contribution in [1.82, 2.24) is 0 Å². The summed E-state index contributed by atoms with van der Waals surface area (Å²) in [4.78, 5) is 0. The first-order valence-corrected chi connectivity index (χ1v) is 6.92. The third kappa shape index (κ3) is 3.11. The summed E-state index contributed by atoms with van der Waals surface area (Å²) in [6, 6.07) is 21.5. The topological polar surface area (TPSA) is 3.88 Å². The zero-order valence-corrected chi connectivity index (χ0v) is 12.7. The van der Waals surface area contributed by atoms with Crippen LogP contribution in [0.3, 0.4) is 0 Å². The molecule has 2 aromatic carbocycles. The fourth-order valence-electron chi connectivity index (χ4n) is 2.20. The molecule has 96 valence electrons. The fraction of sp³-hybridized carbons (Fsp3) is 0.0625. The lowest BCUT2D eigenvalue weighted by atomic mass is 9.99. The number of hydrogen-bond donors (Lipinski definition) is 0. The van der Waals surface area contributed by atoms with Crippen LogP contribution in [0, 0.1) is 0 Å². The number of rotatable bonds is 3. The Morgan fingerprint density at radius 2 is 1.32 bits per heavy atom. The van der Waals surface area contributed by atoms with E-state index in [9.17, 15) is 0 Å². The van der Waals surface area contributed by atoms with Crippen LogP contribution in [-0.2, 0) is 0 Å². The van der Waals surface area contributed by atoms with Crippen LogP contribution in [0.25, 0.3) is 0 Å². The van der Waals surface area contributed by atoms with Crippen molar-refractivity contribution < 1.29 is 21.5 Å². The van der Waals surface area contributed by atoms with Crippen molar-refractivity contribution in [3.05, 3.63) is 88.9 Å². The SMILES string of the molecule is [Br-].c1ccc(C(c2ccccc2)[n+]2ccsc2)cc1. The first-order valence-electron chi connectivity index (χ1n) is 5.98. The Hall–Kier alpha value is -1.45. The van der Waals surface area contributed by atoms with Crippen LogP contribution in [0.4, 0.5) is 0 Å². The fourth-order valence-corrected chi connectivity index (χ4v) is 2.81. The molecule has 19 heavy (non-hydrogen) atoms. The van der Waals surface area contributed by atoms with Crippen molar-refractivity contribution in [2.24, 2.45) is 0 Å². The van der Waals surface area contributed by atoms with E-state index in [0.29, 0.717) is 0 Å². The smallest absolute Gasteiger partial charge is 0.225 e. The van der Waals surface area contributed by atoms with Crippen LogP contribution < -0.4 is 21.5 Å². The van der Waals surface area contributed by atoms with Gasteiger partial charge < -0.3 is 17.0 Å². The third-order valence-electron chi connectivity index (χ3n) is 3.02. The number of nitrogens with zero attached hydrogens (tertiary/aromatic N) is 1. The number of halogens is 1. The molecule has 3 rings (SSSR count). The normalized spacial score (nSPS) is 10.2. The highest BCUT2D eigenvalue weighted by atomic mass is 79.9. The molecule has 1 heterocycles. The van der Waals surface area contributed by atoms with Gasteiger partial charge in [-0.05, 0) is 0 Å². The molecule has 0 N–H and O–H groups in total. The lowest BCUT2D eigenvalue weighted by Gasteiger charge is -2.11. The molecule has 0 fully saturated rings. The van der Waals surface area contributed by atoms with Crippen molar-refractivity contribution in [2.75, 3.05) is 0 Å². The molecular formula is C16H14BrNS. The molecule has 0 atom stereocenters. The van der Waals surface area contributed by atoms with E-state index in [1.54, 1.807) is 11.3 Å². The summed E-state index contributed by atoms with van der Waals surface area (Å²) >= 11 is 1.72. The molecule has 0 saturated carbocycles. The average Bonchev–Trinajstić information content (AvgIpc) is 2.95. The Morgan fingerprint density at radius 1 is 0.789 bits per heavy atom. The Morgan fingerprint density at radius 3 is 1.74 bits per heavy atom. The number of benzene rings is 2. The van der Waals surface area contributed by atoms with Crippen LogP contribution in [-0.4, -0.2) is 0 Å². The second-order valence-electron chi connectivity index (χ2n) is 4.20. The van der Waals surface area contributed by atoms with Crippen LogP contribution in [0.2, 0.25) is 0 Å². The van der Waals surface area contributed by atoms with Gasteiger partial charge in [-0.15, -0.1) is 0 Å². The highest BCUT2D eigenvalue weighted by Gasteiger charge is 2.22. The highest BCUT2D eigenvalue weighted by molar-refractivity contribution is 7.07. The number of aromatic nitrogens is 1. The quantitative estimate of drug-likeness (QED) is 0.621. The minimum absolute atomic E-state index is 0. The van der Waals surface area contributed by atoms with E-state index < -0.39 is 0 Å². The van der Waals surface area contributed by atoms with Gasteiger partial charge in [-0.2, -0.15) is 4.57 Å². The summed E-state index contributed by atoms with van der Waals surface area (Å²) in [6.45, 7) is 0. The molecule has 3 heteroatoms. The molecule has 0 unspecified atom stereocenters. The highest BCUT2D eigenvalue weighted by Crippen LogP contribution is 2.21. The van der Waals surface area contributed by atoms with Gasteiger partial charge in [0.2, 0.25) is 11.6 Å². The maximum absolute atomic E-state index is 2.26. The summed E-state index contributed by atoms with van der Waals surface area (Å²) in [5.74, 6) is 0. The number of hydrogen-bond acceptors (Lipinski definition) is 1. The van der Waals surface area contributed by atoms with Gasteiger partial charge in [0.05, 0.1) is 5.38 Å². The van der Waals surface area contributed by atoms with Gasteiger partial charge in [0.25, 0.3) is 0 Å². The predicted octanol–water partition coefficient (Wildman–Crippen LogP) is 0.677. The minimum atomic E-state index is 0. The van der Waals surface area contributed by atoms with Gasteiger partial charge in [0.1, 0.15) is 0 Å². The molecule has 0 radical (unpaired) electrons. The van der Waals surface area contributed by atoms with Crippen molar-refractivity contribution in [2.45, 2.75) is 6.04 Å². The van der Waals surface area contributed by atoms with Gasteiger partial charge in [0, 0.05) is 11.1 Å². The van der Waals surface area contributed by atoms with Crippen molar-refractivity contribution >= 4 is 11.3 Å². The Labute approximate surface area is 127 Å². The van der Waals surface area contributed by atoms with Gasteiger partial charge in [-0.25, -0.2) is 0 Å². The molecule has 0 aliphatic heterocycles. The molecule has 1 nitrogen and oxygen atoms in total. The molecule has 1 aromatic heterocycles. The van der Waals surface area contributed by atoms with E-state index in [1.807, 2.05) is 0 Å². The molecule has 0 aliphatic carbocycles. The lowest BCUT2D eigenvalue weighted by Crippen LogP contribution is -3.00. The van der Waals surface area contributed by atoms with E-state index in [0.717, 1.165) is 0 Å². The monoisotopic (exact) mass is 331 g/mol. The zero-order chi connectivity index (χ0) is 12.2. The minimum Gasteiger partial charge on any atom is -1.00 e. The van der Waals surface area contributed by atoms with E-state index >= 15 is 0 Å². The van der Waals surface area contributed by atoms with Crippen molar-refractivity contribution in [3.8, 4) is 0 Å². The van der Waals surface area contributed by atoms with Crippen LogP contribution in [0.15, 0.2) is 77.8 Å². The van der Waals surface area contributed by atoms with Crippen molar-refractivity contribution in [1.29, 1.82) is 0 Å². The van der Waals surface area contributed by atoms with E-state index in [4.69, 9.17) is 0 Å². The second-order valence-corrected chi connectivity index (χ2v) is 4.95. The van der Waals surface area contributed by atoms with Crippen LogP contribution in [0.5, 0.6) is 0 Å². The summed E-state index contributed by atoms with van der Waals surface area (Å²) in [5, 5.41) is 2.11. The predicted molar refractivity (Wildman–Crippen MR) is 74.6 cm³/mol. The van der Waals surface area contributed by atoms with Gasteiger partial charge in [0.15, 0.2) is 6.20 Å². The number of thiazole rings is 1. The average molecular weight is 332 g/mol. The third-order valence-corrected chi connectivity index (χ3v) is 3.67. The van der Waals surface area contributed by atoms with Gasteiger partial charge in [-0.1, -0.05) is 72.0 Å². The molecule has 0 saturated heterocycles. The van der Waals surface area contributed by atoms with Crippen LogP contribution in [0.1, 0.15) is 17.2 Å². The van der Waals surface area contributed by atoms with E-state index in [-0.39, 0.29) is 23.0 Å². The molecule has 0 spiro atoms. The van der Waals surface area contributed by atoms with Gasteiger partial charge in [-0.3, -0.25) is 0 Å². The van der Waals surface area contributed by atoms with E-state index in [2.05, 4.69) is 82.3 Å². The first kappa shape index (κ1) is 14.0.